The zero-order valence-corrected chi connectivity index (χ0v) is 15.8. The molecule has 2 aliphatic rings. The Morgan fingerprint density at radius 1 is 1.19 bits per heavy atom. The van der Waals surface area contributed by atoms with Crippen molar-refractivity contribution in [3.05, 3.63) is 42.5 Å². The third kappa shape index (κ3) is 3.73. The molecule has 1 N–H and O–H groups in total. The molecule has 0 unspecified atom stereocenters. The highest BCUT2D eigenvalue weighted by Crippen LogP contribution is 2.35. The molecular weight excluding hydrogens is 364 g/mol. The summed E-state index contributed by atoms with van der Waals surface area (Å²) in [5, 5.41) is 2.88. The monoisotopic (exact) mass is 384 g/mol. The predicted molar refractivity (Wildman–Crippen MR) is 105 cm³/mol. The fourth-order valence-corrected chi connectivity index (χ4v) is 4.08. The predicted octanol–water partition coefficient (Wildman–Crippen LogP) is 3.31. The lowest BCUT2D eigenvalue weighted by Gasteiger charge is -2.27. The van der Waals surface area contributed by atoms with Crippen LogP contribution in [0.2, 0.25) is 0 Å². The lowest BCUT2D eigenvalue weighted by molar-refractivity contribution is -0.117. The van der Waals surface area contributed by atoms with Crippen molar-refractivity contribution in [1.82, 2.24) is 0 Å². The van der Waals surface area contributed by atoms with Crippen LogP contribution in [-0.2, 0) is 9.59 Å². The number of rotatable bonds is 3. The number of carbonyl (C=O) groups is 2. The Labute approximate surface area is 161 Å². The standard InChI is InChI=1S/C20H20N2O4S/c1-13-10-19(23)21-15-4-2-3-5-16(15)22(13)20(24)12-27-14-6-7-17-18(11-14)26-9-8-25-17/h2-7,11,13H,8-10,12H2,1H3,(H,21,23)/t13-/m1/s1. The second-order valence-electron chi connectivity index (χ2n) is 6.48. The Hall–Kier alpha value is -2.67. The van der Waals surface area contributed by atoms with E-state index in [0.717, 1.165) is 16.3 Å². The van der Waals surface area contributed by atoms with Crippen LogP contribution in [0.5, 0.6) is 11.5 Å². The number of nitrogens with one attached hydrogen (secondary N) is 1. The molecule has 0 radical (unpaired) electrons. The molecule has 2 heterocycles. The average Bonchev–Trinajstić information content (AvgIpc) is 2.80. The first-order valence-corrected chi connectivity index (χ1v) is 9.84. The van der Waals surface area contributed by atoms with Gasteiger partial charge in [0.15, 0.2) is 11.5 Å². The summed E-state index contributed by atoms with van der Waals surface area (Å²) in [6, 6.07) is 12.9. The normalized spacial score (nSPS) is 18.3. The van der Waals surface area contributed by atoms with Gasteiger partial charge in [-0.25, -0.2) is 0 Å². The van der Waals surface area contributed by atoms with Gasteiger partial charge in [0, 0.05) is 17.4 Å². The van der Waals surface area contributed by atoms with E-state index in [1.807, 2.05) is 49.4 Å². The summed E-state index contributed by atoms with van der Waals surface area (Å²) in [4.78, 5) is 27.7. The number of hydrogen-bond donors (Lipinski definition) is 1. The summed E-state index contributed by atoms with van der Waals surface area (Å²) < 4.78 is 11.1. The van der Waals surface area contributed by atoms with Crippen LogP contribution >= 0.6 is 11.8 Å². The zero-order valence-electron chi connectivity index (χ0n) is 14.9. The van der Waals surface area contributed by atoms with Crippen LogP contribution in [0.3, 0.4) is 0 Å². The average molecular weight is 384 g/mol. The van der Waals surface area contributed by atoms with Crippen molar-refractivity contribution in [3.63, 3.8) is 0 Å². The van der Waals surface area contributed by atoms with Crippen molar-refractivity contribution < 1.29 is 19.1 Å². The summed E-state index contributed by atoms with van der Waals surface area (Å²) in [5.41, 5.74) is 1.41. The first-order chi connectivity index (χ1) is 13.1. The van der Waals surface area contributed by atoms with Gasteiger partial charge in [-0.15, -0.1) is 11.8 Å². The number of anilines is 2. The Balaban J connectivity index is 1.51. The maximum Gasteiger partial charge on any atom is 0.237 e. The minimum Gasteiger partial charge on any atom is -0.486 e. The maximum absolute atomic E-state index is 13.0. The molecular formula is C20H20N2O4S. The van der Waals surface area contributed by atoms with Crippen molar-refractivity contribution in [2.45, 2.75) is 24.3 Å². The van der Waals surface area contributed by atoms with Crippen LogP contribution in [0, 0.1) is 0 Å². The highest BCUT2D eigenvalue weighted by atomic mass is 32.2. The molecule has 27 heavy (non-hydrogen) atoms. The Kier molecular flexibility index (Phi) is 4.94. The van der Waals surface area contributed by atoms with Crippen molar-refractivity contribution in [3.8, 4) is 11.5 Å². The lowest BCUT2D eigenvalue weighted by atomic mass is 10.2. The maximum atomic E-state index is 13.0. The molecule has 1 atom stereocenters. The molecule has 0 saturated carbocycles. The molecule has 0 fully saturated rings. The van der Waals surface area contributed by atoms with E-state index in [9.17, 15) is 9.59 Å². The summed E-state index contributed by atoms with van der Waals surface area (Å²) in [6.07, 6.45) is 0.273. The van der Waals surface area contributed by atoms with Gasteiger partial charge in [-0.3, -0.25) is 9.59 Å². The van der Waals surface area contributed by atoms with Gasteiger partial charge < -0.3 is 19.7 Å². The molecule has 6 nitrogen and oxygen atoms in total. The summed E-state index contributed by atoms with van der Waals surface area (Å²) in [6.45, 7) is 2.98. The number of fused-ring (bicyclic) bond motifs is 2. The molecule has 4 rings (SSSR count). The number of hydrogen-bond acceptors (Lipinski definition) is 5. The highest BCUT2D eigenvalue weighted by Gasteiger charge is 2.29. The van der Waals surface area contributed by atoms with Crippen LogP contribution in [0.25, 0.3) is 0 Å². The first-order valence-electron chi connectivity index (χ1n) is 8.85. The number of nitrogens with zero attached hydrogens (tertiary/aromatic N) is 1. The van der Waals surface area contributed by atoms with Crippen molar-refractivity contribution >= 4 is 35.0 Å². The van der Waals surface area contributed by atoms with E-state index in [-0.39, 0.29) is 30.0 Å². The summed E-state index contributed by atoms with van der Waals surface area (Å²) >= 11 is 1.45. The van der Waals surface area contributed by atoms with E-state index in [1.165, 1.54) is 11.8 Å². The Bertz CT molecular complexity index is 886. The largest absolute Gasteiger partial charge is 0.486 e. The van der Waals surface area contributed by atoms with E-state index in [4.69, 9.17) is 9.47 Å². The van der Waals surface area contributed by atoms with Crippen LogP contribution in [0.4, 0.5) is 11.4 Å². The first kappa shape index (κ1) is 17.7. The molecule has 0 aromatic heterocycles. The molecule has 0 spiro atoms. The van der Waals surface area contributed by atoms with E-state index in [2.05, 4.69) is 5.32 Å². The van der Waals surface area contributed by atoms with E-state index in [1.54, 1.807) is 4.90 Å². The van der Waals surface area contributed by atoms with E-state index < -0.39 is 0 Å². The van der Waals surface area contributed by atoms with Crippen molar-refractivity contribution in [1.29, 1.82) is 0 Å². The highest BCUT2D eigenvalue weighted by molar-refractivity contribution is 8.00. The minimum absolute atomic E-state index is 0.0358. The third-order valence-electron chi connectivity index (χ3n) is 4.50. The fourth-order valence-electron chi connectivity index (χ4n) is 3.30. The van der Waals surface area contributed by atoms with Crippen LogP contribution in [0.15, 0.2) is 47.4 Å². The van der Waals surface area contributed by atoms with Gasteiger partial charge in [0.2, 0.25) is 11.8 Å². The molecule has 140 valence electrons. The number of amides is 2. The van der Waals surface area contributed by atoms with Gasteiger partial charge in [0.25, 0.3) is 0 Å². The molecule has 2 aromatic rings. The minimum atomic E-state index is -0.206. The van der Waals surface area contributed by atoms with E-state index in [0.29, 0.717) is 24.7 Å². The summed E-state index contributed by atoms with van der Waals surface area (Å²) in [5.74, 6) is 1.60. The number of benzene rings is 2. The van der Waals surface area contributed by atoms with Crippen LogP contribution < -0.4 is 19.7 Å². The number of para-hydroxylation sites is 2. The lowest BCUT2D eigenvalue weighted by Crippen LogP contribution is -2.40. The van der Waals surface area contributed by atoms with Crippen LogP contribution in [0.1, 0.15) is 13.3 Å². The van der Waals surface area contributed by atoms with Gasteiger partial charge in [-0.05, 0) is 37.3 Å². The van der Waals surface area contributed by atoms with Gasteiger partial charge in [0.05, 0.1) is 17.1 Å². The van der Waals surface area contributed by atoms with Crippen LogP contribution in [-0.4, -0.2) is 36.8 Å². The molecule has 2 amide bonds. The van der Waals surface area contributed by atoms with Gasteiger partial charge in [-0.1, -0.05) is 12.1 Å². The van der Waals surface area contributed by atoms with Crippen molar-refractivity contribution in [2.75, 3.05) is 29.2 Å². The van der Waals surface area contributed by atoms with Gasteiger partial charge >= 0.3 is 0 Å². The molecule has 0 bridgehead atoms. The molecule has 0 aliphatic carbocycles. The molecule has 0 saturated heterocycles. The molecule has 2 aliphatic heterocycles. The second-order valence-corrected chi connectivity index (χ2v) is 7.53. The number of carbonyl (C=O) groups excluding carboxylic acids is 2. The van der Waals surface area contributed by atoms with Gasteiger partial charge in [-0.2, -0.15) is 0 Å². The van der Waals surface area contributed by atoms with Crippen molar-refractivity contribution in [2.24, 2.45) is 0 Å². The smallest absolute Gasteiger partial charge is 0.237 e. The second kappa shape index (κ2) is 7.52. The summed E-state index contributed by atoms with van der Waals surface area (Å²) in [7, 11) is 0. The molecule has 2 aromatic carbocycles. The SMILES string of the molecule is C[C@@H]1CC(=O)Nc2ccccc2N1C(=O)CSc1ccc2c(c1)OCCO2. The zero-order chi connectivity index (χ0) is 18.8. The number of ether oxygens (including phenoxy) is 2. The third-order valence-corrected chi connectivity index (χ3v) is 5.48. The van der Waals surface area contributed by atoms with Gasteiger partial charge in [0.1, 0.15) is 13.2 Å². The number of thioether (sulfide) groups is 1. The molecule has 7 heteroatoms. The Morgan fingerprint density at radius 2 is 1.96 bits per heavy atom. The Morgan fingerprint density at radius 3 is 2.81 bits per heavy atom. The topological polar surface area (TPSA) is 67.9 Å². The van der Waals surface area contributed by atoms with E-state index >= 15 is 0 Å². The fraction of sp³-hybridized carbons (Fsp3) is 0.300. The quantitative estimate of drug-likeness (QED) is 0.823.